The summed E-state index contributed by atoms with van der Waals surface area (Å²) in [7, 11) is 0. The van der Waals surface area contributed by atoms with Gasteiger partial charge in [0.15, 0.2) is 0 Å². The maximum Gasteiger partial charge on any atom is 0.0847 e. The van der Waals surface area contributed by atoms with Crippen molar-refractivity contribution >= 4 is 23.0 Å². The van der Waals surface area contributed by atoms with Crippen LogP contribution in [0.4, 0.5) is 11.4 Å². The van der Waals surface area contributed by atoms with Crippen LogP contribution in [0.3, 0.4) is 0 Å². The zero-order valence-electron chi connectivity index (χ0n) is 10.3. The first-order valence-electron chi connectivity index (χ1n) is 6.21. The van der Waals surface area contributed by atoms with Crippen LogP contribution in [0.2, 0.25) is 0 Å². The summed E-state index contributed by atoms with van der Waals surface area (Å²) >= 11 is 5.59. The number of morpholine rings is 1. The minimum atomic E-state index is -0.524. The number of nitrogens with zero attached hydrogens (tertiary/aromatic N) is 1. The lowest BCUT2D eigenvalue weighted by molar-refractivity contribution is 0.123. The fourth-order valence-corrected chi connectivity index (χ4v) is 2.09. The van der Waals surface area contributed by atoms with Crippen LogP contribution in [0.25, 0.3) is 0 Å². The Kier molecular flexibility index (Phi) is 5.11. The molecule has 1 aliphatic rings. The van der Waals surface area contributed by atoms with Gasteiger partial charge >= 0.3 is 0 Å². The van der Waals surface area contributed by atoms with Gasteiger partial charge in [-0.1, -0.05) is 12.1 Å². The van der Waals surface area contributed by atoms with Crippen molar-refractivity contribution in [2.24, 2.45) is 0 Å². The fraction of sp³-hybridized carbons (Fsp3) is 0.538. The van der Waals surface area contributed by atoms with Crippen molar-refractivity contribution < 1.29 is 9.84 Å². The number of alkyl halides is 1. The molecule has 5 heteroatoms. The molecule has 1 aliphatic heterocycles. The molecule has 1 unspecified atom stereocenters. The highest BCUT2D eigenvalue weighted by molar-refractivity contribution is 6.18. The third-order valence-corrected chi connectivity index (χ3v) is 3.32. The van der Waals surface area contributed by atoms with E-state index in [-0.39, 0.29) is 5.88 Å². The predicted octanol–water partition coefficient (Wildman–Crippen LogP) is 1.53. The second kappa shape index (κ2) is 6.83. The summed E-state index contributed by atoms with van der Waals surface area (Å²) in [4.78, 5) is 2.29. The van der Waals surface area contributed by atoms with Crippen LogP contribution < -0.4 is 10.2 Å². The van der Waals surface area contributed by atoms with Crippen LogP contribution in [-0.4, -0.2) is 49.9 Å². The molecule has 2 rings (SSSR count). The molecule has 1 saturated heterocycles. The third kappa shape index (κ3) is 3.51. The highest BCUT2D eigenvalue weighted by Crippen LogP contribution is 2.26. The molecule has 0 bridgehead atoms. The molecular weight excluding hydrogens is 252 g/mol. The lowest BCUT2D eigenvalue weighted by Crippen LogP contribution is -2.36. The van der Waals surface area contributed by atoms with Crippen LogP contribution >= 0.6 is 11.6 Å². The first kappa shape index (κ1) is 13.5. The predicted molar refractivity (Wildman–Crippen MR) is 74.7 cm³/mol. The van der Waals surface area contributed by atoms with E-state index < -0.39 is 6.10 Å². The Bertz CT molecular complexity index is 370. The lowest BCUT2D eigenvalue weighted by Gasteiger charge is -2.30. The average molecular weight is 271 g/mol. The molecule has 0 amide bonds. The van der Waals surface area contributed by atoms with Gasteiger partial charge in [-0.3, -0.25) is 0 Å². The van der Waals surface area contributed by atoms with Gasteiger partial charge in [-0.15, -0.1) is 11.6 Å². The molecule has 0 spiro atoms. The molecule has 1 heterocycles. The standard InChI is InChI=1S/C13H19ClN2O2/c14-9-11(17)10-15-12-3-1-2-4-13(12)16-5-7-18-8-6-16/h1-4,11,15,17H,5-10H2. The van der Waals surface area contributed by atoms with Gasteiger partial charge in [0.05, 0.1) is 36.6 Å². The Hall–Kier alpha value is -0.970. The zero-order valence-corrected chi connectivity index (χ0v) is 11.1. The van der Waals surface area contributed by atoms with Gasteiger partial charge in [0, 0.05) is 19.6 Å². The summed E-state index contributed by atoms with van der Waals surface area (Å²) in [6, 6.07) is 8.11. The number of rotatable bonds is 5. The second-order valence-electron chi connectivity index (χ2n) is 4.31. The van der Waals surface area contributed by atoms with Crippen molar-refractivity contribution in [3.63, 3.8) is 0 Å². The Morgan fingerprint density at radius 2 is 2.06 bits per heavy atom. The Morgan fingerprint density at radius 1 is 1.33 bits per heavy atom. The molecule has 1 aromatic carbocycles. The van der Waals surface area contributed by atoms with Gasteiger partial charge in [0.2, 0.25) is 0 Å². The van der Waals surface area contributed by atoms with E-state index in [2.05, 4.69) is 16.3 Å². The highest BCUT2D eigenvalue weighted by atomic mass is 35.5. The normalized spacial score (nSPS) is 17.6. The topological polar surface area (TPSA) is 44.7 Å². The summed E-state index contributed by atoms with van der Waals surface area (Å²) in [5.74, 6) is 0.243. The van der Waals surface area contributed by atoms with Crippen molar-refractivity contribution in [1.29, 1.82) is 0 Å². The monoisotopic (exact) mass is 270 g/mol. The van der Waals surface area contributed by atoms with Crippen LogP contribution in [0.15, 0.2) is 24.3 Å². The van der Waals surface area contributed by atoms with E-state index in [0.29, 0.717) is 6.54 Å². The van der Waals surface area contributed by atoms with Crippen molar-refractivity contribution in [1.82, 2.24) is 0 Å². The molecule has 1 fully saturated rings. The number of nitrogens with one attached hydrogen (secondary N) is 1. The molecule has 0 aliphatic carbocycles. The van der Waals surface area contributed by atoms with E-state index >= 15 is 0 Å². The molecule has 0 aromatic heterocycles. The average Bonchev–Trinajstić information content (AvgIpc) is 2.46. The lowest BCUT2D eigenvalue weighted by atomic mass is 10.2. The molecule has 0 saturated carbocycles. The van der Waals surface area contributed by atoms with Gasteiger partial charge in [-0.05, 0) is 12.1 Å². The molecule has 100 valence electrons. The maximum atomic E-state index is 9.49. The number of aliphatic hydroxyl groups excluding tert-OH is 1. The number of aliphatic hydroxyl groups is 1. The molecule has 0 radical (unpaired) electrons. The van der Waals surface area contributed by atoms with Crippen LogP contribution in [0.5, 0.6) is 0 Å². The summed E-state index contributed by atoms with van der Waals surface area (Å²) < 4.78 is 5.36. The van der Waals surface area contributed by atoms with E-state index in [4.69, 9.17) is 16.3 Å². The van der Waals surface area contributed by atoms with E-state index in [0.717, 1.165) is 37.7 Å². The Balaban J connectivity index is 2.04. The number of hydrogen-bond donors (Lipinski definition) is 2. The number of para-hydroxylation sites is 2. The zero-order chi connectivity index (χ0) is 12.8. The van der Waals surface area contributed by atoms with Crippen molar-refractivity contribution in [2.75, 3.05) is 48.9 Å². The minimum absolute atomic E-state index is 0.243. The van der Waals surface area contributed by atoms with Crippen molar-refractivity contribution in [3.05, 3.63) is 24.3 Å². The summed E-state index contributed by atoms with van der Waals surface area (Å²) in [6.07, 6.45) is -0.524. The van der Waals surface area contributed by atoms with Crippen molar-refractivity contribution in [2.45, 2.75) is 6.10 Å². The van der Waals surface area contributed by atoms with Crippen LogP contribution in [0, 0.1) is 0 Å². The quantitative estimate of drug-likeness (QED) is 0.797. The van der Waals surface area contributed by atoms with E-state index in [1.165, 1.54) is 0 Å². The number of hydrogen-bond acceptors (Lipinski definition) is 4. The Labute approximate surface area is 113 Å². The van der Waals surface area contributed by atoms with E-state index in [1.807, 2.05) is 18.2 Å². The second-order valence-corrected chi connectivity index (χ2v) is 4.61. The highest BCUT2D eigenvalue weighted by Gasteiger charge is 2.14. The summed E-state index contributed by atoms with van der Waals surface area (Å²) in [5.41, 5.74) is 2.19. The molecular formula is C13H19ClN2O2. The van der Waals surface area contributed by atoms with Gasteiger partial charge in [0.25, 0.3) is 0 Å². The summed E-state index contributed by atoms with van der Waals surface area (Å²) in [6.45, 7) is 3.79. The van der Waals surface area contributed by atoms with E-state index in [1.54, 1.807) is 0 Å². The maximum absolute atomic E-state index is 9.49. The first-order chi connectivity index (χ1) is 8.81. The minimum Gasteiger partial charge on any atom is -0.390 e. The van der Waals surface area contributed by atoms with Crippen molar-refractivity contribution in [3.8, 4) is 0 Å². The molecule has 18 heavy (non-hydrogen) atoms. The third-order valence-electron chi connectivity index (χ3n) is 2.96. The molecule has 2 N–H and O–H groups in total. The number of benzene rings is 1. The Morgan fingerprint density at radius 3 is 2.78 bits per heavy atom. The summed E-state index contributed by atoms with van der Waals surface area (Å²) in [5, 5.41) is 12.7. The van der Waals surface area contributed by atoms with Crippen LogP contribution in [-0.2, 0) is 4.74 Å². The van der Waals surface area contributed by atoms with Gasteiger partial charge < -0.3 is 20.1 Å². The van der Waals surface area contributed by atoms with E-state index in [9.17, 15) is 5.11 Å². The largest absolute Gasteiger partial charge is 0.390 e. The van der Waals surface area contributed by atoms with Gasteiger partial charge in [-0.25, -0.2) is 0 Å². The number of halogens is 1. The smallest absolute Gasteiger partial charge is 0.0847 e. The molecule has 1 atom stereocenters. The van der Waals surface area contributed by atoms with Gasteiger partial charge in [-0.2, -0.15) is 0 Å². The van der Waals surface area contributed by atoms with Crippen LogP contribution in [0.1, 0.15) is 0 Å². The molecule has 1 aromatic rings. The first-order valence-corrected chi connectivity index (χ1v) is 6.74. The SMILES string of the molecule is OC(CCl)CNc1ccccc1N1CCOCC1. The number of anilines is 2. The van der Waals surface area contributed by atoms with Gasteiger partial charge in [0.1, 0.15) is 0 Å². The number of ether oxygens (including phenoxy) is 1. The molecule has 4 nitrogen and oxygen atoms in total. The fourth-order valence-electron chi connectivity index (χ4n) is 1.99.